The lowest BCUT2D eigenvalue weighted by molar-refractivity contribution is -0.121. The van der Waals surface area contributed by atoms with Crippen molar-refractivity contribution >= 4 is 17.2 Å². The number of hydrogen-bond donors (Lipinski definition) is 2. The van der Waals surface area contributed by atoms with E-state index in [2.05, 4.69) is 15.6 Å². The highest BCUT2D eigenvalue weighted by atomic mass is 32.1. The van der Waals surface area contributed by atoms with E-state index in [4.69, 9.17) is 0 Å². The van der Waals surface area contributed by atoms with E-state index >= 15 is 0 Å². The van der Waals surface area contributed by atoms with Crippen molar-refractivity contribution in [3.8, 4) is 0 Å². The fourth-order valence-corrected chi connectivity index (χ4v) is 2.06. The molecule has 0 fully saturated rings. The van der Waals surface area contributed by atoms with Crippen LogP contribution in [0.2, 0.25) is 0 Å². The Bertz CT molecular complexity index is 311. The van der Waals surface area contributed by atoms with Crippen molar-refractivity contribution in [1.82, 2.24) is 15.6 Å². The molecule has 0 saturated carbocycles. The van der Waals surface area contributed by atoms with Gasteiger partial charge in [0, 0.05) is 17.6 Å². The Morgan fingerprint density at radius 3 is 2.81 bits per heavy atom. The van der Waals surface area contributed by atoms with Crippen LogP contribution in [0.1, 0.15) is 38.2 Å². The van der Waals surface area contributed by atoms with Gasteiger partial charge in [0.15, 0.2) is 0 Å². The van der Waals surface area contributed by atoms with E-state index in [1.54, 1.807) is 17.5 Å². The zero-order chi connectivity index (χ0) is 12.0. The Morgan fingerprint density at radius 1 is 1.56 bits per heavy atom. The molecule has 0 radical (unpaired) electrons. The second-order valence-electron chi connectivity index (χ2n) is 3.93. The number of nitrogens with zero attached hydrogens (tertiary/aromatic N) is 1. The van der Waals surface area contributed by atoms with Crippen LogP contribution >= 0.6 is 11.3 Å². The Kier molecular flexibility index (Phi) is 5.42. The fourth-order valence-electron chi connectivity index (χ4n) is 1.29. The predicted octanol–water partition coefficient (Wildman–Crippen LogP) is 1.71. The smallest absolute Gasteiger partial charge is 0.234 e. The Hall–Kier alpha value is -0.940. The van der Waals surface area contributed by atoms with Crippen LogP contribution in [0.5, 0.6) is 0 Å². The average Bonchev–Trinajstić information content (AvgIpc) is 2.76. The van der Waals surface area contributed by atoms with Gasteiger partial charge in [-0.15, -0.1) is 11.3 Å². The van der Waals surface area contributed by atoms with Gasteiger partial charge in [0.05, 0.1) is 12.6 Å². The van der Waals surface area contributed by atoms with Crippen LogP contribution in [0, 0.1) is 0 Å². The molecular weight excluding hydrogens is 222 g/mol. The minimum Gasteiger partial charge on any atom is -0.346 e. The normalized spacial score (nSPS) is 12.8. The van der Waals surface area contributed by atoms with E-state index < -0.39 is 0 Å². The molecule has 2 N–H and O–H groups in total. The summed E-state index contributed by atoms with van der Waals surface area (Å²) in [4.78, 5) is 15.8. The first-order valence-corrected chi connectivity index (χ1v) is 6.43. The third-order valence-corrected chi connectivity index (χ3v) is 3.05. The summed E-state index contributed by atoms with van der Waals surface area (Å²) in [7, 11) is 0. The lowest BCUT2D eigenvalue weighted by atomic mass is 10.2. The van der Waals surface area contributed by atoms with Gasteiger partial charge in [0.2, 0.25) is 5.91 Å². The highest BCUT2D eigenvalue weighted by Gasteiger charge is 2.14. The molecule has 1 rings (SSSR count). The maximum atomic E-state index is 11.6. The second-order valence-corrected chi connectivity index (χ2v) is 4.86. The fraction of sp³-hybridized carbons (Fsp3) is 0.636. The molecule has 0 spiro atoms. The minimum absolute atomic E-state index is 0.0238. The molecule has 1 aromatic heterocycles. The van der Waals surface area contributed by atoms with Crippen LogP contribution in [0.3, 0.4) is 0 Å². The first kappa shape index (κ1) is 13.1. The van der Waals surface area contributed by atoms with E-state index in [0.29, 0.717) is 12.6 Å². The molecule has 0 aromatic carbocycles. The number of carbonyl (C=O) groups is 1. The van der Waals surface area contributed by atoms with Gasteiger partial charge < -0.3 is 10.6 Å². The van der Waals surface area contributed by atoms with E-state index in [-0.39, 0.29) is 11.9 Å². The van der Waals surface area contributed by atoms with Crippen LogP contribution in [-0.4, -0.2) is 23.5 Å². The van der Waals surface area contributed by atoms with Crippen molar-refractivity contribution in [3.63, 3.8) is 0 Å². The van der Waals surface area contributed by atoms with Gasteiger partial charge in [0.1, 0.15) is 5.01 Å². The summed E-state index contributed by atoms with van der Waals surface area (Å²) in [5.41, 5.74) is 0. The van der Waals surface area contributed by atoms with Crippen molar-refractivity contribution in [2.24, 2.45) is 0 Å². The molecule has 0 aliphatic heterocycles. The average molecular weight is 241 g/mol. The lowest BCUT2D eigenvalue weighted by Crippen LogP contribution is -2.38. The zero-order valence-corrected chi connectivity index (χ0v) is 10.8. The number of carbonyl (C=O) groups excluding carboxylic acids is 1. The van der Waals surface area contributed by atoms with Crippen LogP contribution < -0.4 is 10.6 Å². The summed E-state index contributed by atoms with van der Waals surface area (Å²) in [6, 6.07) is 0.368. The van der Waals surface area contributed by atoms with Crippen LogP contribution in [0.25, 0.3) is 0 Å². The maximum Gasteiger partial charge on any atom is 0.234 e. The predicted molar refractivity (Wildman–Crippen MR) is 66.4 cm³/mol. The van der Waals surface area contributed by atoms with Gasteiger partial charge in [0.25, 0.3) is 0 Å². The molecule has 16 heavy (non-hydrogen) atoms. The minimum atomic E-state index is 0.0238. The summed E-state index contributed by atoms with van der Waals surface area (Å²) in [5.74, 6) is 0.0238. The van der Waals surface area contributed by atoms with Crippen molar-refractivity contribution < 1.29 is 4.79 Å². The Morgan fingerprint density at radius 2 is 2.31 bits per heavy atom. The first-order chi connectivity index (χ1) is 7.63. The molecule has 1 amide bonds. The van der Waals surface area contributed by atoms with E-state index in [9.17, 15) is 4.79 Å². The Labute approximate surface area is 100 Å². The van der Waals surface area contributed by atoms with Crippen LogP contribution in [-0.2, 0) is 4.79 Å². The van der Waals surface area contributed by atoms with Crippen molar-refractivity contribution in [1.29, 1.82) is 0 Å². The maximum absolute atomic E-state index is 11.6. The van der Waals surface area contributed by atoms with Gasteiger partial charge in [-0.2, -0.15) is 0 Å². The molecule has 4 nitrogen and oxygen atoms in total. The zero-order valence-electron chi connectivity index (χ0n) is 9.99. The molecule has 1 atom stereocenters. The van der Waals surface area contributed by atoms with Gasteiger partial charge in [-0.3, -0.25) is 4.79 Å². The van der Waals surface area contributed by atoms with Gasteiger partial charge in [-0.25, -0.2) is 4.98 Å². The number of thiazole rings is 1. The van der Waals surface area contributed by atoms with Crippen molar-refractivity contribution in [2.45, 2.75) is 39.3 Å². The highest BCUT2D eigenvalue weighted by molar-refractivity contribution is 7.09. The van der Waals surface area contributed by atoms with Crippen LogP contribution in [0.15, 0.2) is 11.6 Å². The molecule has 0 saturated heterocycles. The number of nitrogens with one attached hydrogen (secondary N) is 2. The summed E-state index contributed by atoms with van der Waals surface area (Å²) in [5, 5.41) is 8.96. The molecule has 1 unspecified atom stereocenters. The largest absolute Gasteiger partial charge is 0.346 e. The van der Waals surface area contributed by atoms with E-state index in [1.165, 1.54) is 0 Å². The molecular formula is C11H19N3OS. The lowest BCUT2D eigenvalue weighted by Gasteiger charge is -2.15. The van der Waals surface area contributed by atoms with Crippen molar-refractivity contribution in [2.75, 3.05) is 6.54 Å². The van der Waals surface area contributed by atoms with E-state index in [1.807, 2.05) is 26.2 Å². The van der Waals surface area contributed by atoms with Gasteiger partial charge in [-0.05, 0) is 6.42 Å². The third kappa shape index (κ3) is 4.28. The van der Waals surface area contributed by atoms with Gasteiger partial charge >= 0.3 is 0 Å². The number of amides is 1. The summed E-state index contributed by atoms with van der Waals surface area (Å²) >= 11 is 1.58. The third-order valence-electron chi connectivity index (χ3n) is 2.16. The number of hydrogen-bond acceptors (Lipinski definition) is 4. The molecule has 0 bridgehead atoms. The van der Waals surface area contributed by atoms with Gasteiger partial charge in [-0.1, -0.05) is 20.8 Å². The highest BCUT2D eigenvalue weighted by Crippen LogP contribution is 2.18. The standard InChI is InChI=1S/C11H19N3OS/c1-4-9(11-12-5-6-16-11)14-10(15)7-13-8(2)3/h5-6,8-9,13H,4,7H2,1-3H3,(H,14,15). The van der Waals surface area contributed by atoms with Crippen molar-refractivity contribution in [3.05, 3.63) is 16.6 Å². The van der Waals surface area contributed by atoms with E-state index in [0.717, 1.165) is 11.4 Å². The monoisotopic (exact) mass is 241 g/mol. The number of aromatic nitrogens is 1. The Balaban J connectivity index is 2.42. The molecule has 0 aliphatic carbocycles. The summed E-state index contributed by atoms with van der Waals surface area (Å²) in [6.07, 6.45) is 2.63. The SMILES string of the molecule is CCC(NC(=O)CNC(C)C)c1nccs1. The molecule has 90 valence electrons. The molecule has 5 heteroatoms. The molecule has 1 aromatic rings. The number of rotatable bonds is 6. The van der Waals surface area contributed by atoms with Crippen LogP contribution in [0.4, 0.5) is 0 Å². The first-order valence-electron chi connectivity index (χ1n) is 5.55. The topological polar surface area (TPSA) is 54.0 Å². The summed E-state index contributed by atoms with van der Waals surface area (Å²) < 4.78 is 0. The quantitative estimate of drug-likeness (QED) is 0.797. The summed E-state index contributed by atoms with van der Waals surface area (Å²) in [6.45, 7) is 6.44. The second kappa shape index (κ2) is 6.60. The molecule has 1 heterocycles. The molecule has 0 aliphatic rings.